The van der Waals surface area contributed by atoms with Gasteiger partial charge in [0.15, 0.2) is 0 Å². The van der Waals surface area contributed by atoms with E-state index >= 15 is 0 Å². The molecule has 1 aliphatic rings. The summed E-state index contributed by atoms with van der Waals surface area (Å²) in [6.45, 7) is 2.19. The van der Waals surface area contributed by atoms with E-state index in [-0.39, 0.29) is 6.04 Å². The van der Waals surface area contributed by atoms with Gasteiger partial charge in [0.25, 0.3) is 0 Å². The second-order valence-corrected chi connectivity index (χ2v) is 5.99. The molecule has 2 atom stereocenters. The lowest BCUT2D eigenvalue weighted by molar-refractivity contribution is 0.398. The van der Waals surface area contributed by atoms with Crippen molar-refractivity contribution in [3.05, 3.63) is 18.3 Å². The van der Waals surface area contributed by atoms with Crippen molar-refractivity contribution in [2.45, 2.75) is 18.2 Å². The van der Waals surface area contributed by atoms with Gasteiger partial charge in [-0.1, -0.05) is 0 Å². The standard InChI is InChI=1S/C10H16N4O3S/c1-7-9(6-12-13-7)18(15,16)14-8-3-4-10(17-2)11-5-8/h3-5,7,9,12-14H,6H2,1-2H3. The van der Waals surface area contributed by atoms with Gasteiger partial charge in [0.05, 0.1) is 19.0 Å². The number of anilines is 1. The van der Waals surface area contributed by atoms with Crippen molar-refractivity contribution in [3.8, 4) is 5.88 Å². The Hall–Kier alpha value is -1.38. The second kappa shape index (κ2) is 5.09. The predicted octanol–water partition coefficient (Wildman–Crippen LogP) is -0.303. The van der Waals surface area contributed by atoms with E-state index in [9.17, 15) is 8.42 Å². The van der Waals surface area contributed by atoms with Crippen LogP contribution in [0.3, 0.4) is 0 Å². The van der Waals surface area contributed by atoms with E-state index in [0.29, 0.717) is 18.1 Å². The van der Waals surface area contributed by atoms with Gasteiger partial charge in [-0.2, -0.15) is 0 Å². The zero-order valence-corrected chi connectivity index (χ0v) is 11.0. The Labute approximate surface area is 106 Å². The van der Waals surface area contributed by atoms with Crippen molar-refractivity contribution in [1.29, 1.82) is 0 Å². The van der Waals surface area contributed by atoms with Crippen molar-refractivity contribution < 1.29 is 13.2 Å². The molecule has 0 spiro atoms. The number of aromatic nitrogens is 1. The third-order valence-corrected chi connectivity index (χ3v) is 4.69. The molecule has 100 valence electrons. The first-order chi connectivity index (χ1) is 8.53. The van der Waals surface area contributed by atoms with E-state index in [2.05, 4.69) is 20.6 Å². The minimum atomic E-state index is -3.44. The van der Waals surface area contributed by atoms with Gasteiger partial charge in [-0.05, 0) is 13.0 Å². The van der Waals surface area contributed by atoms with E-state index in [0.717, 1.165) is 0 Å². The van der Waals surface area contributed by atoms with Crippen molar-refractivity contribution in [2.24, 2.45) is 0 Å². The van der Waals surface area contributed by atoms with Gasteiger partial charge in [0.2, 0.25) is 15.9 Å². The zero-order chi connectivity index (χ0) is 13.2. The lowest BCUT2D eigenvalue weighted by atomic mass is 10.3. The smallest absolute Gasteiger partial charge is 0.238 e. The molecule has 0 amide bonds. The summed E-state index contributed by atoms with van der Waals surface area (Å²) >= 11 is 0. The van der Waals surface area contributed by atoms with E-state index < -0.39 is 15.3 Å². The SMILES string of the molecule is COc1ccc(NS(=O)(=O)C2CNNC2C)cn1. The van der Waals surface area contributed by atoms with Crippen LogP contribution in [0.15, 0.2) is 18.3 Å². The molecule has 0 aromatic carbocycles. The predicted molar refractivity (Wildman–Crippen MR) is 67.7 cm³/mol. The number of hydrogen-bond acceptors (Lipinski definition) is 6. The van der Waals surface area contributed by atoms with E-state index in [1.165, 1.54) is 13.3 Å². The largest absolute Gasteiger partial charge is 0.481 e. The minimum Gasteiger partial charge on any atom is -0.481 e. The fourth-order valence-electron chi connectivity index (χ4n) is 1.77. The maximum absolute atomic E-state index is 12.1. The van der Waals surface area contributed by atoms with Gasteiger partial charge in [-0.15, -0.1) is 0 Å². The van der Waals surface area contributed by atoms with Crippen LogP contribution < -0.4 is 20.3 Å². The molecule has 1 aliphatic heterocycles. The third kappa shape index (κ3) is 2.71. The minimum absolute atomic E-state index is 0.145. The highest BCUT2D eigenvalue weighted by molar-refractivity contribution is 7.93. The molecule has 1 aromatic heterocycles. The molecule has 3 N–H and O–H groups in total. The summed E-state index contributed by atoms with van der Waals surface area (Å²) in [5, 5.41) is -0.514. The van der Waals surface area contributed by atoms with Crippen LogP contribution in [-0.2, 0) is 10.0 Å². The molecular formula is C10H16N4O3S. The van der Waals surface area contributed by atoms with E-state index in [1.54, 1.807) is 12.1 Å². The molecule has 8 heteroatoms. The Morgan fingerprint density at radius 1 is 1.50 bits per heavy atom. The van der Waals surface area contributed by atoms with Crippen LogP contribution in [0.4, 0.5) is 5.69 Å². The molecule has 0 radical (unpaired) electrons. The number of pyridine rings is 1. The molecule has 0 bridgehead atoms. The Morgan fingerprint density at radius 2 is 2.28 bits per heavy atom. The fraction of sp³-hybridized carbons (Fsp3) is 0.500. The molecular weight excluding hydrogens is 256 g/mol. The molecule has 0 saturated carbocycles. The van der Waals surface area contributed by atoms with Crippen molar-refractivity contribution in [3.63, 3.8) is 0 Å². The highest BCUT2D eigenvalue weighted by Crippen LogP contribution is 2.16. The van der Waals surface area contributed by atoms with Crippen molar-refractivity contribution in [1.82, 2.24) is 15.8 Å². The number of methoxy groups -OCH3 is 1. The van der Waals surface area contributed by atoms with Gasteiger partial charge in [0.1, 0.15) is 5.25 Å². The average Bonchev–Trinajstić information content (AvgIpc) is 2.77. The highest BCUT2D eigenvalue weighted by atomic mass is 32.2. The first-order valence-electron chi connectivity index (χ1n) is 5.53. The van der Waals surface area contributed by atoms with Gasteiger partial charge in [0, 0.05) is 18.7 Å². The zero-order valence-electron chi connectivity index (χ0n) is 10.2. The summed E-state index contributed by atoms with van der Waals surface area (Å²) in [5.41, 5.74) is 6.13. The number of sulfonamides is 1. The summed E-state index contributed by atoms with van der Waals surface area (Å²) in [6, 6.07) is 3.07. The molecule has 0 aliphatic carbocycles. The monoisotopic (exact) mass is 272 g/mol. The maximum Gasteiger partial charge on any atom is 0.238 e. The number of nitrogens with one attached hydrogen (secondary N) is 3. The van der Waals surface area contributed by atoms with Crippen LogP contribution in [0.1, 0.15) is 6.92 Å². The molecule has 1 saturated heterocycles. The van der Waals surface area contributed by atoms with Crippen LogP contribution in [0.25, 0.3) is 0 Å². The van der Waals surface area contributed by atoms with Crippen molar-refractivity contribution >= 4 is 15.7 Å². The first kappa shape index (κ1) is 13.1. The number of hydrogen-bond donors (Lipinski definition) is 3. The Balaban J connectivity index is 2.11. The van der Waals surface area contributed by atoms with Crippen LogP contribution >= 0.6 is 0 Å². The Bertz CT molecular complexity index is 502. The van der Waals surface area contributed by atoms with Crippen LogP contribution in [0.2, 0.25) is 0 Å². The summed E-state index contributed by atoms with van der Waals surface area (Å²) in [5.74, 6) is 0.440. The maximum atomic E-state index is 12.1. The van der Waals surface area contributed by atoms with Gasteiger partial charge < -0.3 is 4.74 Å². The molecule has 2 unspecified atom stereocenters. The molecule has 2 rings (SSSR count). The van der Waals surface area contributed by atoms with E-state index in [4.69, 9.17) is 4.74 Å². The summed E-state index contributed by atoms with van der Waals surface area (Å²) < 4.78 is 31.7. The van der Waals surface area contributed by atoms with E-state index in [1.807, 2.05) is 6.92 Å². The van der Waals surface area contributed by atoms with Crippen LogP contribution in [0, 0.1) is 0 Å². The fourth-order valence-corrected chi connectivity index (χ4v) is 3.28. The molecule has 18 heavy (non-hydrogen) atoms. The average molecular weight is 272 g/mol. The Morgan fingerprint density at radius 3 is 2.78 bits per heavy atom. The topological polar surface area (TPSA) is 92.3 Å². The summed E-state index contributed by atoms with van der Waals surface area (Å²) in [6.07, 6.45) is 1.43. The highest BCUT2D eigenvalue weighted by Gasteiger charge is 2.34. The number of hydrazine groups is 1. The molecule has 1 fully saturated rings. The van der Waals surface area contributed by atoms with Gasteiger partial charge >= 0.3 is 0 Å². The first-order valence-corrected chi connectivity index (χ1v) is 7.07. The second-order valence-electron chi connectivity index (χ2n) is 4.09. The third-order valence-electron chi connectivity index (χ3n) is 2.79. The normalized spacial score (nSPS) is 23.9. The molecule has 2 heterocycles. The Kier molecular flexibility index (Phi) is 3.69. The van der Waals surface area contributed by atoms with Gasteiger partial charge in [-0.25, -0.2) is 13.4 Å². The van der Waals surface area contributed by atoms with Crippen molar-refractivity contribution in [2.75, 3.05) is 18.4 Å². The van der Waals surface area contributed by atoms with Crippen LogP contribution in [0.5, 0.6) is 5.88 Å². The quantitative estimate of drug-likeness (QED) is 0.697. The number of rotatable bonds is 4. The lowest BCUT2D eigenvalue weighted by Gasteiger charge is -2.16. The summed E-state index contributed by atoms with van der Waals surface area (Å²) in [4.78, 5) is 3.95. The lowest BCUT2D eigenvalue weighted by Crippen LogP contribution is -2.38. The molecule has 1 aromatic rings. The molecule has 7 nitrogen and oxygen atoms in total. The summed E-state index contributed by atoms with van der Waals surface area (Å²) in [7, 11) is -1.93. The number of nitrogens with zero attached hydrogens (tertiary/aromatic N) is 1. The number of ether oxygens (including phenoxy) is 1. The van der Waals surface area contributed by atoms with Gasteiger partial charge in [-0.3, -0.25) is 15.6 Å². The van der Waals surface area contributed by atoms with Crippen LogP contribution in [-0.4, -0.2) is 38.3 Å².